The van der Waals surface area contributed by atoms with E-state index >= 15 is 0 Å². The number of fused-ring (bicyclic) bond motifs is 2. The summed E-state index contributed by atoms with van der Waals surface area (Å²) in [6, 6.07) is 7.65. The van der Waals surface area contributed by atoms with Gasteiger partial charge in [0.05, 0.1) is 17.4 Å². The zero-order chi connectivity index (χ0) is 11.9. The number of hydrogen-bond acceptors (Lipinski definition) is 4. The highest BCUT2D eigenvalue weighted by Gasteiger charge is 2.06. The molecule has 0 unspecified atom stereocenters. The molecule has 0 aliphatic heterocycles. The highest BCUT2D eigenvalue weighted by Crippen LogP contribution is 2.17. The first-order chi connectivity index (χ1) is 8.90. The molecule has 0 bridgehead atoms. The quantitative estimate of drug-likeness (QED) is 0.501. The van der Waals surface area contributed by atoms with Crippen molar-refractivity contribution in [1.29, 1.82) is 0 Å². The summed E-state index contributed by atoms with van der Waals surface area (Å²) in [5.41, 5.74) is 3.45. The highest BCUT2D eigenvalue weighted by molar-refractivity contribution is 5.63. The smallest absolute Gasteiger partial charge is 0.155 e. The Hall–Kier alpha value is -2.76. The zero-order valence-electron chi connectivity index (χ0n) is 9.30. The second kappa shape index (κ2) is 3.36. The van der Waals surface area contributed by atoms with Crippen LogP contribution in [0.3, 0.4) is 0 Å². The summed E-state index contributed by atoms with van der Waals surface area (Å²) in [6.45, 7) is 0. The van der Waals surface area contributed by atoms with Gasteiger partial charge in [-0.3, -0.25) is 0 Å². The molecule has 0 atom stereocenters. The van der Waals surface area contributed by atoms with Gasteiger partial charge in [0, 0.05) is 18.5 Å². The third kappa shape index (κ3) is 1.29. The van der Waals surface area contributed by atoms with Gasteiger partial charge in [-0.25, -0.2) is 19.0 Å². The van der Waals surface area contributed by atoms with E-state index in [4.69, 9.17) is 0 Å². The first-order valence-electron chi connectivity index (χ1n) is 5.50. The van der Waals surface area contributed by atoms with Crippen LogP contribution in [0.4, 0.5) is 0 Å². The SMILES string of the molecule is c1cc2cc(-c3ccn4nccc4n3)nn2cn1. The van der Waals surface area contributed by atoms with Crippen molar-refractivity contribution in [3.63, 3.8) is 0 Å². The summed E-state index contributed by atoms with van der Waals surface area (Å²) in [7, 11) is 0. The van der Waals surface area contributed by atoms with Crippen molar-refractivity contribution >= 4 is 11.2 Å². The standard InChI is InChI=1S/C12H8N6/c1-4-13-8-18-9(1)7-11(16-18)10-3-6-17-12(15-10)2-5-14-17/h1-8H. The second-order valence-corrected chi connectivity index (χ2v) is 3.93. The largest absolute Gasteiger partial charge is 0.245 e. The van der Waals surface area contributed by atoms with E-state index in [0.29, 0.717) is 0 Å². The van der Waals surface area contributed by atoms with Crippen molar-refractivity contribution in [2.45, 2.75) is 0 Å². The minimum atomic E-state index is 0.808. The van der Waals surface area contributed by atoms with Gasteiger partial charge < -0.3 is 0 Å². The molecule has 4 aromatic rings. The maximum Gasteiger partial charge on any atom is 0.155 e. The van der Waals surface area contributed by atoms with Crippen molar-refractivity contribution in [2.24, 2.45) is 0 Å². The second-order valence-electron chi connectivity index (χ2n) is 3.93. The zero-order valence-corrected chi connectivity index (χ0v) is 9.30. The van der Waals surface area contributed by atoms with E-state index in [1.807, 2.05) is 30.5 Å². The molecule has 0 radical (unpaired) electrons. The Bertz CT molecular complexity index is 811. The van der Waals surface area contributed by atoms with E-state index in [-0.39, 0.29) is 0 Å². The molecule has 0 spiro atoms. The van der Waals surface area contributed by atoms with Crippen molar-refractivity contribution in [3.8, 4) is 11.4 Å². The number of rotatable bonds is 1. The van der Waals surface area contributed by atoms with Crippen LogP contribution in [-0.2, 0) is 0 Å². The van der Waals surface area contributed by atoms with Gasteiger partial charge >= 0.3 is 0 Å². The van der Waals surface area contributed by atoms with Crippen LogP contribution in [0.15, 0.2) is 49.2 Å². The van der Waals surface area contributed by atoms with E-state index in [2.05, 4.69) is 20.2 Å². The monoisotopic (exact) mass is 236 g/mol. The molecule has 0 fully saturated rings. The molecule has 0 aromatic carbocycles. The Morgan fingerprint density at radius 2 is 1.94 bits per heavy atom. The van der Waals surface area contributed by atoms with Crippen LogP contribution in [0.1, 0.15) is 0 Å². The molecule has 6 heteroatoms. The minimum Gasteiger partial charge on any atom is -0.245 e. The molecule has 0 saturated carbocycles. The molecule has 4 aromatic heterocycles. The van der Waals surface area contributed by atoms with E-state index in [0.717, 1.165) is 22.6 Å². The Morgan fingerprint density at radius 3 is 2.89 bits per heavy atom. The van der Waals surface area contributed by atoms with Gasteiger partial charge in [-0.05, 0) is 18.2 Å². The Balaban J connectivity index is 1.94. The molecule has 0 aliphatic carbocycles. The Labute approximate surface area is 102 Å². The molecule has 0 amide bonds. The molecule has 4 rings (SSSR count). The summed E-state index contributed by atoms with van der Waals surface area (Å²) >= 11 is 0. The summed E-state index contributed by atoms with van der Waals surface area (Å²) in [5.74, 6) is 0. The van der Waals surface area contributed by atoms with Gasteiger partial charge in [0.15, 0.2) is 5.65 Å². The number of aromatic nitrogens is 6. The topological polar surface area (TPSA) is 60.4 Å². The summed E-state index contributed by atoms with van der Waals surface area (Å²) in [6.07, 6.45) is 7.02. The summed E-state index contributed by atoms with van der Waals surface area (Å²) in [4.78, 5) is 8.53. The van der Waals surface area contributed by atoms with Crippen molar-refractivity contribution in [3.05, 3.63) is 49.2 Å². The fourth-order valence-electron chi connectivity index (χ4n) is 1.93. The van der Waals surface area contributed by atoms with Gasteiger partial charge in [0.25, 0.3) is 0 Å². The van der Waals surface area contributed by atoms with Crippen molar-refractivity contribution < 1.29 is 0 Å². The predicted molar refractivity (Wildman–Crippen MR) is 65.0 cm³/mol. The van der Waals surface area contributed by atoms with Gasteiger partial charge in [-0.2, -0.15) is 10.2 Å². The van der Waals surface area contributed by atoms with Gasteiger partial charge in [-0.1, -0.05) is 0 Å². The van der Waals surface area contributed by atoms with Crippen LogP contribution in [0.5, 0.6) is 0 Å². The highest BCUT2D eigenvalue weighted by atomic mass is 15.3. The number of hydrogen-bond donors (Lipinski definition) is 0. The third-order valence-corrected chi connectivity index (χ3v) is 2.79. The molecule has 18 heavy (non-hydrogen) atoms. The first-order valence-corrected chi connectivity index (χ1v) is 5.50. The normalized spacial score (nSPS) is 11.3. The Morgan fingerprint density at radius 1 is 0.944 bits per heavy atom. The van der Waals surface area contributed by atoms with E-state index in [1.54, 1.807) is 27.8 Å². The molecule has 4 heterocycles. The maximum atomic E-state index is 4.50. The van der Waals surface area contributed by atoms with E-state index in [1.165, 1.54) is 0 Å². The molecule has 86 valence electrons. The fourth-order valence-corrected chi connectivity index (χ4v) is 1.93. The average Bonchev–Trinajstić information content (AvgIpc) is 3.04. The van der Waals surface area contributed by atoms with Gasteiger partial charge in [0.1, 0.15) is 12.0 Å². The van der Waals surface area contributed by atoms with Crippen molar-refractivity contribution in [1.82, 2.24) is 29.2 Å². The van der Waals surface area contributed by atoms with Crippen LogP contribution < -0.4 is 0 Å². The molecule has 0 N–H and O–H groups in total. The molecular weight excluding hydrogens is 228 g/mol. The van der Waals surface area contributed by atoms with E-state index < -0.39 is 0 Å². The average molecular weight is 236 g/mol. The molecule has 0 saturated heterocycles. The third-order valence-electron chi connectivity index (χ3n) is 2.79. The van der Waals surface area contributed by atoms with Crippen LogP contribution in [0.25, 0.3) is 22.6 Å². The Kier molecular flexibility index (Phi) is 1.74. The van der Waals surface area contributed by atoms with Gasteiger partial charge in [0.2, 0.25) is 0 Å². The lowest BCUT2D eigenvalue weighted by molar-refractivity contribution is 0.916. The number of nitrogens with zero attached hydrogens (tertiary/aromatic N) is 6. The van der Waals surface area contributed by atoms with Crippen molar-refractivity contribution in [2.75, 3.05) is 0 Å². The first kappa shape index (κ1) is 9.29. The molecule has 0 aliphatic rings. The van der Waals surface area contributed by atoms with Crippen LogP contribution >= 0.6 is 0 Å². The summed E-state index contributed by atoms with van der Waals surface area (Å²) < 4.78 is 3.46. The van der Waals surface area contributed by atoms with E-state index in [9.17, 15) is 0 Å². The fraction of sp³-hybridized carbons (Fsp3) is 0. The molecular formula is C12H8N6. The van der Waals surface area contributed by atoms with Crippen LogP contribution in [0.2, 0.25) is 0 Å². The predicted octanol–water partition coefficient (Wildman–Crippen LogP) is 1.44. The maximum absolute atomic E-state index is 4.50. The minimum absolute atomic E-state index is 0.808. The lowest BCUT2D eigenvalue weighted by Gasteiger charge is -1.96. The van der Waals surface area contributed by atoms with Crippen LogP contribution in [0, 0.1) is 0 Å². The van der Waals surface area contributed by atoms with Gasteiger partial charge in [-0.15, -0.1) is 0 Å². The lowest BCUT2D eigenvalue weighted by Crippen LogP contribution is -1.92. The lowest BCUT2D eigenvalue weighted by atomic mass is 10.3. The van der Waals surface area contributed by atoms with Crippen LogP contribution in [-0.4, -0.2) is 29.2 Å². The summed E-state index contributed by atoms with van der Waals surface area (Å²) in [5, 5.41) is 8.55. The molecule has 6 nitrogen and oxygen atoms in total.